The summed E-state index contributed by atoms with van der Waals surface area (Å²) in [5.41, 5.74) is 5.07. The minimum Gasteiger partial charge on any atom is -0.494 e. The number of primary amides is 1. The van der Waals surface area contributed by atoms with Gasteiger partial charge in [-0.1, -0.05) is 13.3 Å². The minimum absolute atomic E-state index is 0.0396. The van der Waals surface area contributed by atoms with E-state index in [2.05, 4.69) is 4.72 Å². The second kappa shape index (κ2) is 8.11. The number of aliphatic hydroxyl groups excluding tert-OH is 1. The molecule has 0 aliphatic heterocycles. The zero-order valence-electron chi connectivity index (χ0n) is 12.7. The van der Waals surface area contributed by atoms with Crippen molar-refractivity contribution in [2.75, 3.05) is 6.61 Å². The van der Waals surface area contributed by atoms with Crippen molar-refractivity contribution in [1.29, 1.82) is 0 Å². The highest BCUT2D eigenvalue weighted by molar-refractivity contribution is 7.89. The number of nitrogens with two attached hydrogens (primary N) is 1. The molecule has 0 saturated heterocycles. The molecule has 8 heteroatoms. The summed E-state index contributed by atoms with van der Waals surface area (Å²) in [7, 11) is -3.96. The second-order valence-corrected chi connectivity index (χ2v) is 6.63. The fraction of sp³-hybridized carbons (Fsp3) is 0.500. The lowest BCUT2D eigenvalue weighted by Crippen LogP contribution is -2.50. The third kappa shape index (κ3) is 5.28. The molecule has 1 rings (SSSR count). The number of amides is 1. The zero-order chi connectivity index (χ0) is 16.8. The summed E-state index contributed by atoms with van der Waals surface area (Å²) in [6.07, 6.45) is 0.685. The van der Waals surface area contributed by atoms with Gasteiger partial charge >= 0.3 is 0 Å². The zero-order valence-corrected chi connectivity index (χ0v) is 13.5. The Kier molecular flexibility index (Phi) is 6.79. The summed E-state index contributed by atoms with van der Waals surface area (Å²) in [4.78, 5) is 11.1. The van der Waals surface area contributed by atoms with Crippen molar-refractivity contribution in [1.82, 2.24) is 4.72 Å². The van der Waals surface area contributed by atoms with Crippen molar-refractivity contribution in [2.45, 2.75) is 43.7 Å². The first-order chi connectivity index (χ1) is 10.3. The lowest BCUT2D eigenvalue weighted by atomic mass is 10.2. The molecule has 1 aromatic carbocycles. The van der Waals surface area contributed by atoms with Crippen LogP contribution in [0.3, 0.4) is 0 Å². The molecular weight excluding hydrogens is 308 g/mol. The maximum Gasteiger partial charge on any atom is 0.241 e. The molecule has 0 spiro atoms. The molecule has 22 heavy (non-hydrogen) atoms. The van der Waals surface area contributed by atoms with Crippen molar-refractivity contribution >= 4 is 15.9 Å². The first-order valence-corrected chi connectivity index (χ1v) is 8.49. The predicted molar refractivity (Wildman–Crippen MR) is 81.8 cm³/mol. The van der Waals surface area contributed by atoms with Crippen LogP contribution in [0.2, 0.25) is 0 Å². The molecule has 7 nitrogen and oxygen atoms in total. The van der Waals surface area contributed by atoms with Crippen molar-refractivity contribution in [2.24, 2.45) is 5.73 Å². The van der Waals surface area contributed by atoms with Crippen LogP contribution in [0.1, 0.15) is 26.7 Å². The third-order valence-corrected chi connectivity index (χ3v) is 4.43. The number of nitrogens with one attached hydrogen (secondary N) is 1. The monoisotopic (exact) mass is 330 g/mol. The van der Waals surface area contributed by atoms with Crippen LogP contribution < -0.4 is 15.2 Å². The smallest absolute Gasteiger partial charge is 0.241 e. The van der Waals surface area contributed by atoms with Gasteiger partial charge in [0.05, 0.1) is 17.6 Å². The van der Waals surface area contributed by atoms with Crippen LogP contribution in [0.25, 0.3) is 0 Å². The number of hydrogen-bond acceptors (Lipinski definition) is 5. The normalized spacial score (nSPS) is 14.3. The molecule has 0 radical (unpaired) electrons. The Balaban J connectivity index is 2.82. The molecule has 2 unspecified atom stereocenters. The lowest BCUT2D eigenvalue weighted by Gasteiger charge is -2.18. The molecule has 0 heterocycles. The van der Waals surface area contributed by atoms with Crippen molar-refractivity contribution in [3.63, 3.8) is 0 Å². The van der Waals surface area contributed by atoms with Gasteiger partial charge in [-0.2, -0.15) is 4.72 Å². The van der Waals surface area contributed by atoms with Gasteiger partial charge in [0.25, 0.3) is 0 Å². The van der Waals surface area contributed by atoms with Crippen LogP contribution in [-0.4, -0.2) is 38.2 Å². The van der Waals surface area contributed by atoms with Gasteiger partial charge in [-0.25, -0.2) is 8.42 Å². The van der Waals surface area contributed by atoms with E-state index in [4.69, 9.17) is 10.5 Å². The minimum atomic E-state index is -3.96. The Morgan fingerprint density at radius 2 is 1.95 bits per heavy atom. The van der Waals surface area contributed by atoms with E-state index in [1.54, 1.807) is 0 Å². The van der Waals surface area contributed by atoms with E-state index < -0.39 is 28.1 Å². The maximum absolute atomic E-state index is 12.2. The fourth-order valence-electron chi connectivity index (χ4n) is 1.68. The number of rotatable bonds is 9. The van der Waals surface area contributed by atoms with E-state index in [-0.39, 0.29) is 4.90 Å². The number of ether oxygens (including phenoxy) is 1. The molecule has 124 valence electrons. The van der Waals surface area contributed by atoms with Crippen LogP contribution >= 0.6 is 0 Å². The molecule has 2 atom stereocenters. The Morgan fingerprint density at radius 1 is 1.36 bits per heavy atom. The SMILES string of the molecule is CCCCOc1ccc(S(=O)(=O)NC(C(N)=O)C(C)O)cc1. The van der Waals surface area contributed by atoms with E-state index in [1.165, 1.54) is 31.2 Å². The van der Waals surface area contributed by atoms with E-state index in [0.717, 1.165) is 12.8 Å². The number of carbonyl (C=O) groups is 1. The van der Waals surface area contributed by atoms with Gasteiger partial charge in [-0.15, -0.1) is 0 Å². The van der Waals surface area contributed by atoms with Crippen LogP contribution in [0.5, 0.6) is 5.75 Å². The maximum atomic E-state index is 12.2. The van der Waals surface area contributed by atoms with Gasteiger partial charge in [0.1, 0.15) is 11.8 Å². The molecule has 1 aromatic rings. The number of unbranched alkanes of at least 4 members (excludes halogenated alkanes) is 1. The van der Waals surface area contributed by atoms with Crippen LogP contribution in [-0.2, 0) is 14.8 Å². The van der Waals surface area contributed by atoms with Crippen LogP contribution in [0.15, 0.2) is 29.2 Å². The predicted octanol–water partition coefficient (Wildman–Crippen LogP) is 0.379. The van der Waals surface area contributed by atoms with Gasteiger partial charge < -0.3 is 15.6 Å². The first kappa shape index (κ1) is 18.4. The van der Waals surface area contributed by atoms with Crippen molar-refractivity contribution in [3.8, 4) is 5.75 Å². The van der Waals surface area contributed by atoms with Gasteiger partial charge in [-0.05, 0) is 37.6 Å². The number of aliphatic hydroxyl groups is 1. The van der Waals surface area contributed by atoms with Crippen LogP contribution in [0, 0.1) is 0 Å². The average Bonchev–Trinajstić information content (AvgIpc) is 2.45. The summed E-state index contributed by atoms with van der Waals surface area (Å²) in [6, 6.07) is 4.41. The number of sulfonamides is 1. The summed E-state index contributed by atoms with van der Waals surface area (Å²) in [5, 5.41) is 9.41. The lowest BCUT2D eigenvalue weighted by molar-refractivity contribution is -0.121. The first-order valence-electron chi connectivity index (χ1n) is 7.00. The topological polar surface area (TPSA) is 119 Å². The summed E-state index contributed by atoms with van der Waals surface area (Å²) in [5.74, 6) is -0.382. The highest BCUT2D eigenvalue weighted by atomic mass is 32.2. The number of hydrogen-bond donors (Lipinski definition) is 3. The highest BCUT2D eigenvalue weighted by Crippen LogP contribution is 2.16. The Hall–Kier alpha value is -1.64. The summed E-state index contributed by atoms with van der Waals surface area (Å²) in [6.45, 7) is 3.89. The Morgan fingerprint density at radius 3 is 2.41 bits per heavy atom. The van der Waals surface area contributed by atoms with E-state index in [1.807, 2.05) is 6.92 Å². The number of carbonyl (C=O) groups excluding carboxylic acids is 1. The standard InChI is InChI=1S/C14H22N2O5S/c1-3-4-9-21-11-5-7-12(8-6-11)22(19,20)16-13(10(2)17)14(15)18/h5-8,10,13,16-17H,3-4,9H2,1-2H3,(H2,15,18). The van der Waals surface area contributed by atoms with E-state index in [0.29, 0.717) is 12.4 Å². The quantitative estimate of drug-likeness (QED) is 0.566. The molecule has 1 amide bonds. The number of benzene rings is 1. The average molecular weight is 330 g/mol. The van der Waals surface area contributed by atoms with Gasteiger partial charge in [0.15, 0.2) is 0 Å². The fourth-order valence-corrected chi connectivity index (χ4v) is 2.96. The molecule has 0 aromatic heterocycles. The highest BCUT2D eigenvalue weighted by Gasteiger charge is 2.27. The van der Waals surface area contributed by atoms with Gasteiger partial charge in [-0.3, -0.25) is 4.79 Å². The van der Waals surface area contributed by atoms with Crippen molar-refractivity contribution < 1.29 is 23.1 Å². The molecular formula is C14H22N2O5S. The largest absolute Gasteiger partial charge is 0.494 e. The summed E-state index contributed by atoms with van der Waals surface area (Å²) >= 11 is 0. The second-order valence-electron chi connectivity index (χ2n) is 4.92. The van der Waals surface area contributed by atoms with Gasteiger partial charge in [0, 0.05) is 0 Å². The van der Waals surface area contributed by atoms with Crippen LogP contribution in [0.4, 0.5) is 0 Å². The Labute approximate surface area is 130 Å². The summed E-state index contributed by atoms with van der Waals surface area (Å²) < 4.78 is 31.8. The van der Waals surface area contributed by atoms with E-state index >= 15 is 0 Å². The van der Waals surface area contributed by atoms with E-state index in [9.17, 15) is 18.3 Å². The van der Waals surface area contributed by atoms with Gasteiger partial charge in [0.2, 0.25) is 15.9 Å². The molecule has 0 aliphatic rings. The molecule has 0 fully saturated rings. The molecule has 0 aliphatic carbocycles. The molecule has 0 bridgehead atoms. The third-order valence-electron chi connectivity index (χ3n) is 2.97. The van der Waals surface area contributed by atoms with Crippen molar-refractivity contribution in [3.05, 3.63) is 24.3 Å². The Bertz CT molecular complexity index is 584. The molecule has 0 saturated carbocycles. The molecule has 4 N–H and O–H groups in total.